The topological polar surface area (TPSA) is 38.3 Å². The summed E-state index contributed by atoms with van der Waals surface area (Å²) >= 11 is 0. The molecule has 0 heterocycles. The van der Waals surface area contributed by atoms with Crippen molar-refractivity contribution >= 4 is 5.91 Å². The third-order valence-corrected chi connectivity index (χ3v) is 3.05. The number of hydrogen-bond donors (Lipinski definition) is 1. The molecule has 1 aromatic rings. The molecule has 0 aliphatic rings. The van der Waals surface area contributed by atoms with Crippen LogP contribution in [0.2, 0.25) is 0 Å². The van der Waals surface area contributed by atoms with Crippen LogP contribution in [-0.2, 0) is 16.0 Å². The average Bonchev–Trinajstić information content (AvgIpc) is 2.52. The number of likely N-dealkylation sites (N-methyl/N-ethyl adjacent to an activating group) is 1. The molecule has 1 rings (SSSR count). The molecule has 1 amide bonds. The molecule has 0 bridgehead atoms. The van der Waals surface area contributed by atoms with Crippen LogP contribution in [0.3, 0.4) is 0 Å². The van der Waals surface area contributed by atoms with Gasteiger partial charge < -0.3 is 10.1 Å². The molecule has 1 aromatic carbocycles. The second-order valence-corrected chi connectivity index (χ2v) is 5.20. The van der Waals surface area contributed by atoms with Crippen molar-refractivity contribution in [3.05, 3.63) is 35.9 Å². The van der Waals surface area contributed by atoms with Crippen LogP contribution in [0.15, 0.2) is 30.3 Å². The Morgan fingerprint density at radius 1 is 1.19 bits per heavy atom. The largest absolute Gasteiger partial charge is 0.368 e. The zero-order chi connectivity index (χ0) is 16.1. The van der Waals surface area contributed by atoms with Crippen molar-refractivity contribution in [3.63, 3.8) is 0 Å². The van der Waals surface area contributed by atoms with Gasteiger partial charge in [0.15, 0.2) is 0 Å². The van der Waals surface area contributed by atoms with Crippen LogP contribution in [0, 0.1) is 5.92 Å². The standard InChI is InChI=1S/C16H25NO2.C2H6/c1-13(2)8-7-11-19-15(16(18)17-3)12-14-9-5-4-6-10-14;1-2/h4-6,9-10,13,15H,7-8,11-12H2,1-3H3,(H,17,18);1-2H3. The molecule has 1 N–H and O–H groups in total. The van der Waals surface area contributed by atoms with Gasteiger partial charge in [-0.1, -0.05) is 58.0 Å². The lowest BCUT2D eigenvalue weighted by molar-refractivity contribution is -0.132. The molecule has 21 heavy (non-hydrogen) atoms. The second-order valence-electron chi connectivity index (χ2n) is 5.20. The van der Waals surface area contributed by atoms with E-state index in [-0.39, 0.29) is 12.0 Å². The highest BCUT2D eigenvalue weighted by Gasteiger charge is 2.18. The molecule has 0 saturated heterocycles. The van der Waals surface area contributed by atoms with Gasteiger partial charge in [-0.15, -0.1) is 0 Å². The van der Waals surface area contributed by atoms with E-state index in [9.17, 15) is 4.79 Å². The fourth-order valence-electron chi connectivity index (χ4n) is 1.93. The van der Waals surface area contributed by atoms with Gasteiger partial charge in [0.2, 0.25) is 5.91 Å². The van der Waals surface area contributed by atoms with E-state index in [1.54, 1.807) is 7.05 Å². The summed E-state index contributed by atoms with van der Waals surface area (Å²) in [6.45, 7) is 9.03. The summed E-state index contributed by atoms with van der Waals surface area (Å²) in [5.74, 6) is 0.629. The lowest BCUT2D eigenvalue weighted by Gasteiger charge is -2.17. The zero-order valence-electron chi connectivity index (χ0n) is 14.2. The fourth-order valence-corrected chi connectivity index (χ4v) is 1.93. The maximum absolute atomic E-state index is 11.8. The first-order valence-electron chi connectivity index (χ1n) is 8.00. The summed E-state index contributed by atoms with van der Waals surface area (Å²) in [6.07, 6.45) is 2.37. The molecule has 120 valence electrons. The van der Waals surface area contributed by atoms with E-state index >= 15 is 0 Å². The fraction of sp³-hybridized carbons (Fsp3) is 0.611. The minimum Gasteiger partial charge on any atom is -0.368 e. The number of rotatable bonds is 8. The third kappa shape index (κ3) is 9.24. The summed E-state index contributed by atoms with van der Waals surface area (Å²) in [5.41, 5.74) is 1.12. The predicted octanol–water partition coefficient (Wildman–Crippen LogP) is 3.82. The highest BCUT2D eigenvalue weighted by atomic mass is 16.5. The molecule has 1 atom stereocenters. The van der Waals surface area contributed by atoms with Crippen molar-refractivity contribution in [2.75, 3.05) is 13.7 Å². The summed E-state index contributed by atoms with van der Waals surface area (Å²) in [6, 6.07) is 9.98. The van der Waals surface area contributed by atoms with Crippen molar-refractivity contribution in [2.24, 2.45) is 5.92 Å². The van der Waals surface area contributed by atoms with Gasteiger partial charge in [-0.2, -0.15) is 0 Å². The molecule has 0 fully saturated rings. The molecule has 0 spiro atoms. The lowest BCUT2D eigenvalue weighted by Crippen LogP contribution is -2.36. The Labute approximate surface area is 130 Å². The van der Waals surface area contributed by atoms with Crippen molar-refractivity contribution < 1.29 is 9.53 Å². The van der Waals surface area contributed by atoms with Crippen molar-refractivity contribution in [1.82, 2.24) is 5.32 Å². The first kappa shape index (κ1) is 19.7. The minimum atomic E-state index is -0.389. The molecule has 1 unspecified atom stereocenters. The zero-order valence-corrected chi connectivity index (χ0v) is 14.2. The van der Waals surface area contributed by atoms with Gasteiger partial charge in [-0.05, 0) is 24.3 Å². The highest BCUT2D eigenvalue weighted by molar-refractivity contribution is 5.80. The number of amides is 1. The molecule has 0 aliphatic carbocycles. The SMILES string of the molecule is CC.CNC(=O)C(Cc1ccccc1)OCCCC(C)C. The van der Waals surface area contributed by atoms with E-state index in [4.69, 9.17) is 4.74 Å². The van der Waals surface area contributed by atoms with Crippen LogP contribution >= 0.6 is 0 Å². The predicted molar refractivity (Wildman–Crippen MR) is 89.4 cm³/mol. The molecule has 0 saturated carbocycles. The van der Waals surface area contributed by atoms with Gasteiger partial charge in [0, 0.05) is 20.1 Å². The highest BCUT2D eigenvalue weighted by Crippen LogP contribution is 2.09. The van der Waals surface area contributed by atoms with E-state index in [1.165, 1.54) is 0 Å². The van der Waals surface area contributed by atoms with Crippen LogP contribution in [-0.4, -0.2) is 25.7 Å². The molecular weight excluding hydrogens is 262 g/mol. The maximum atomic E-state index is 11.8. The third-order valence-electron chi connectivity index (χ3n) is 3.05. The van der Waals surface area contributed by atoms with Gasteiger partial charge in [0.05, 0.1) is 0 Å². The summed E-state index contributed by atoms with van der Waals surface area (Å²) in [7, 11) is 1.65. The lowest BCUT2D eigenvalue weighted by atomic mass is 10.1. The van der Waals surface area contributed by atoms with Gasteiger partial charge in [-0.25, -0.2) is 0 Å². The number of nitrogens with one attached hydrogen (secondary N) is 1. The minimum absolute atomic E-state index is 0.0478. The van der Waals surface area contributed by atoms with Crippen LogP contribution in [0.1, 0.15) is 46.1 Å². The summed E-state index contributed by atoms with van der Waals surface area (Å²) in [4.78, 5) is 11.8. The smallest absolute Gasteiger partial charge is 0.249 e. The van der Waals surface area contributed by atoms with E-state index in [1.807, 2.05) is 44.2 Å². The summed E-state index contributed by atoms with van der Waals surface area (Å²) < 4.78 is 5.74. The summed E-state index contributed by atoms with van der Waals surface area (Å²) in [5, 5.41) is 2.67. The van der Waals surface area contributed by atoms with Crippen molar-refractivity contribution in [2.45, 2.75) is 53.1 Å². The number of ether oxygens (including phenoxy) is 1. The van der Waals surface area contributed by atoms with Gasteiger partial charge in [0.25, 0.3) is 0 Å². The Balaban J connectivity index is 0.00000191. The van der Waals surface area contributed by atoms with Crippen LogP contribution < -0.4 is 5.32 Å². The number of carbonyl (C=O) groups is 1. The van der Waals surface area contributed by atoms with Crippen molar-refractivity contribution in [1.29, 1.82) is 0 Å². The Kier molecular flexibility index (Phi) is 11.6. The van der Waals surface area contributed by atoms with Crippen LogP contribution in [0.25, 0.3) is 0 Å². The molecule has 0 radical (unpaired) electrons. The Bertz CT molecular complexity index is 363. The van der Waals surface area contributed by atoms with E-state index in [2.05, 4.69) is 19.2 Å². The average molecular weight is 293 g/mol. The van der Waals surface area contributed by atoms with Gasteiger partial charge in [0.1, 0.15) is 6.10 Å². The Morgan fingerprint density at radius 3 is 2.33 bits per heavy atom. The maximum Gasteiger partial charge on any atom is 0.249 e. The second kappa shape index (κ2) is 12.4. The monoisotopic (exact) mass is 293 g/mol. The van der Waals surface area contributed by atoms with Crippen LogP contribution in [0.5, 0.6) is 0 Å². The molecular formula is C18H31NO2. The molecule has 0 aliphatic heterocycles. The van der Waals surface area contributed by atoms with E-state index in [0.29, 0.717) is 18.9 Å². The first-order valence-corrected chi connectivity index (χ1v) is 8.00. The van der Waals surface area contributed by atoms with E-state index in [0.717, 1.165) is 18.4 Å². The quantitative estimate of drug-likeness (QED) is 0.740. The Hall–Kier alpha value is -1.35. The van der Waals surface area contributed by atoms with Gasteiger partial charge >= 0.3 is 0 Å². The Morgan fingerprint density at radius 2 is 1.81 bits per heavy atom. The molecule has 3 nitrogen and oxygen atoms in total. The van der Waals surface area contributed by atoms with Crippen LogP contribution in [0.4, 0.5) is 0 Å². The van der Waals surface area contributed by atoms with Crippen molar-refractivity contribution in [3.8, 4) is 0 Å². The van der Waals surface area contributed by atoms with E-state index < -0.39 is 0 Å². The number of carbonyl (C=O) groups excluding carboxylic acids is 1. The van der Waals surface area contributed by atoms with Gasteiger partial charge in [-0.3, -0.25) is 4.79 Å². The first-order chi connectivity index (χ1) is 10.1. The molecule has 0 aromatic heterocycles. The normalized spacial score (nSPS) is 11.5. The number of hydrogen-bond acceptors (Lipinski definition) is 2. The number of benzene rings is 1. The molecule has 3 heteroatoms.